The van der Waals surface area contributed by atoms with E-state index in [1.807, 2.05) is 0 Å². The van der Waals surface area contributed by atoms with Gasteiger partial charge in [0.05, 0.1) is 18.6 Å². The molecule has 10 heteroatoms. The van der Waals surface area contributed by atoms with Crippen molar-refractivity contribution >= 4 is 35.0 Å². The predicted molar refractivity (Wildman–Crippen MR) is 119 cm³/mol. The van der Waals surface area contributed by atoms with Gasteiger partial charge in [-0.25, -0.2) is 0 Å². The van der Waals surface area contributed by atoms with Crippen LogP contribution in [0.15, 0.2) is 58.5 Å². The Kier molecular flexibility index (Phi) is 7.39. The summed E-state index contributed by atoms with van der Waals surface area (Å²) in [6.07, 6.45) is 0.310. The van der Waals surface area contributed by atoms with Gasteiger partial charge in [0.1, 0.15) is 5.75 Å². The van der Waals surface area contributed by atoms with Crippen molar-refractivity contribution in [2.24, 2.45) is 0 Å². The molecule has 0 saturated heterocycles. The Labute approximate surface area is 182 Å². The largest absolute Gasteiger partial charge is 0.497 e. The average molecular weight is 439 g/mol. The number of anilines is 2. The van der Waals surface area contributed by atoms with Crippen molar-refractivity contribution in [3.05, 3.63) is 58.9 Å². The summed E-state index contributed by atoms with van der Waals surface area (Å²) in [7, 11) is 1.57. The Bertz CT molecular complexity index is 1130. The third kappa shape index (κ3) is 5.92. The molecule has 1 heterocycles. The number of carbonyl (C=O) groups excluding carboxylic acids is 2. The second-order valence-electron chi connectivity index (χ2n) is 6.32. The van der Waals surface area contributed by atoms with Crippen molar-refractivity contribution in [1.82, 2.24) is 15.2 Å². The first-order valence-corrected chi connectivity index (χ1v) is 10.4. The fraction of sp³-hybridized carbons (Fsp3) is 0.190. The number of aromatic nitrogens is 3. The normalized spacial score (nSPS) is 10.4. The van der Waals surface area contributed by atoms with Crippen LogP contribution in [0, 0.1) is 0 Å². The Morgan fingerprint density at radius 2 is 1.77 bits per heavy atom. The van der Waals surface area contributed by atoms with Crippen molar-refractivity contribution in [3.8, 4) is 17.0 Å². The fourth-order valence-corrected chi connectivity index (χ4v) is 3.21. The number of benzene rings is 2. The molecule has 0 bridgehead atoms. The van der Waals surface area contributed by atoms with E-state index in [1.165, 1.54) is 0 Å². The van der Waals surface area contributed by atoms with Crippen molar-refractivity contribution < 1.29 is 14.3 Å². The molecule has 3 N–H and O–H groups in total. The minimum Gasteiger partial charge on any atom is -0.497 e. The second-order valence-corrected chi connectivity index (χ2v) is 7.28. The molecule has 160 valence electrons. The van der Waals surface area contributed by atoms with E-state index in [0.29, 0.717) is 29.1 Å². The van der Waals surface area contributed by atoms with Gasteiger partial charge in [-0.2, -0.15) is 0 Å². The number of amides is 2. The topological polar surface area (TPSA) is 126 Å². The number of methoxy groups -OCH3 is 1. The number of para-hydroxylation sites is 1. The van der Waals surface area contributed by atoms with Gasteiger partial charge in [-0.15, -0.1) is 10.2 Å². The van der Waals surface area contributed by atoms with Gasteiger partial charge in [-0.05, 0) is 30.3 Å². The highest BCUT2D eigenvalue weighted by Crippen LogP contribution is 2.24. The van der Waals surface area contributed by atoms with E-state index >= 15 is 0 Å². The SMILES string of the molecule is CCC(=O)Nc1ccccc1-c1nnc(SCC(=O)Nc2ccc(OC)cc2)[nH]c1=O. The van der Waals surface area contributed by atoms with E-state index in [0.717, 1.165) is 11.8 Å². The Morgan fingerprint density at radius 3 is 2.45 bits per heavy atom. The van der Waals surface area contributed by atoms with Crippen LogP contribution < -0.4 is 20.9 Å². The van der Waals surface area contributed by atoms with Gasteiger partial charge in [0.15, 0.2) is 10.9 Å². The molecule has 3 rings (SSSR count). The number of H-pyrrole nitrogens is 1. The lowest BCUT2D eigenvalue weighted by Crippen LogP contribution is -2.18. The molecule has 2 aromatic carbocycles. The number of aromatic amines is 1. The predicted octanol–water partition coefficient (Wildman–Crippen LogP) is 2.92. The lowest BCUT2D eigenvalue weighted by molar-refractivity contribution is -0.116. The van der Waals surface area contributed by atoms with Crippen LogP contribution in [-0.4, -0.2) is 39.9 Å². The standard InChI is InChI=1S/C21H21N5O4S/c1-3-17(27)23-16-7-5-4-6-15(16)19-20(29)24-21(26-25-19)31-12-18(28)22-13-8-10-14(30-2)11-9-13/h4-11H,3,12H2,1-2H3,(H,22,28)(H,23,27)(H,24,26,29). The Hall–Kier alpha value is -3.66. The third-order valence-electron chi connectivity index (χ3n) is 4.17. The number of hydrogen-bond acceptors (Lipinski definition) is 7. The molecule has 0 fully saturated rings. The molecule has 0 saturated carbocycles. The van der Waals surface area contributed by atoms with Crippen LogP contribution in [0.1, 0.15) is 13.3 Å². The first kappa shape index (κ1) is 22.0. The molecule has 3 aromatic rings. The molecule has 0 aliphatic carbocycles. The number of nitrogens with zero attached hydrogens (tertiary/aromatic N) is 2. The lowest BCUT2D eigenvalue weighted by Gasteiger charge is -2.09. The highest BCUT2D eigenvalue weighted by molar-refractivity contribution is 7.99. The van der Waals surface area contributed by atoms with Crippen LogP contribution in [0.4, 0.5) is 11.4 Å². The van der Waals surface area contributed by atoms with Crippen molar-refractivity contribution in [2.45, 2.75) is 18.5 Å². The maximum absolute atomic E-state index is 12.5. The first-order chi connectivity index (χ1) is 15.0. The Balaban J connectivity index is 1.66. The number of carbonyl (C=O) groups is 2. The summed E-state index contributed by atoms with van der Waals surface area (Å²) in [5, 5.41) is 13.7. The zero-order valence-electron chi connectivity index (χ0n) is 17.0. The summed E-state index contributed by atoms with van der Waals surface area (Å²) in [5.74, 6) is 0.302. The van der Waals surface area contributed by atoms with E-state index in [4.69, 9.17) is 4.74 Å². The van der Waals surface area contributed by atoms with Gasteiger partial charge < -0.3 is 15.4 Å². The first-order valence-electron chi connectivity index (χ1n) is 9.43. The number of rotatable bonds is 8. The summed E-state index contributed by atoms with van der Waals surface area (Å²) in [6, 6.07) is 13.8. The zero-order chi connectivity index (χ0) is 22.2. The summed E-state index contributed by atoms with van der Waals surface area (Å²) >= 11 is 1.06. The molecular formula is C21H21N5O4S. The third-order valence-corrected chi connectivity index (χ3v) is 5.03. The van der Waals surface area contributed by atoms with E-state index in [1.54, 1.807) is 62.6 Å². The molecule has 0 aliphatic heterocycles. The summed E-state index contributed by atoms with van der Waals surface area (Å²) in [6.45, 7) is 1.74. The van der Waals surface area contributed by atoms with E-state index < -0.39 is 5.56 Å². The maximum Gasteiger partial charge on any atom is 0.278 e. The molecule has 31 heavy (non-hydrogen) atoms. The van der Waals surface area contributed by atoms with Crippen molar-refractivity contribution in [3.63, 3.8) is 0 Å². The van der Waals surface area contributed by atoms with E-state index in [9.17, 15) is 14.4 Å². The molecule has 1 aromatic heterocycles. The highest BCUT2D eigenvalue weighted by Gasteiger charge is 2.14. The van der Waals surface area contributed by atoms with Crippen molar-refractivity contribution in [1.29, 1.82) is 0 Å². The molecule has 2 amide bonds. The van der Waals surface area contributed by atoms with Crippen LogP contribution in [0.25, 0.3) is 11.3 Å². The van der Waals surface area contributed by atoms with Gasteiger partial charge in [0.25, 0.3) is 5.56 Å². The van der Waals surface area contributed by atoms with Crippen LogP contribution in [0.2, 0.25) is 0 Å². The van der Waals surface area contributed by atoms with Gasteiger partial charge in [0, 0.05) is 17.7 Å². The van der Waals surface area contributed by atoms with Gasteiger partial charge in [-0.1, -0.05) is 36.9 Å². The second kappa shape index (κ2) is 10.4. The van der Waals surface area contributed by atoms with Crippen LogP contribution in [-0.2, 0) is 9.59 Å². The quantitative estimate of drug-likeness (QED) is 0.461. The monoisotopic (exact) mass is 439 g/mol. The minimum absolute atomic E-state index is 0.0408. The lowest BCUT2D eigenvalue weighted by atomic mass is 10.1. The molecule has 0 aliphatic rings. The van der Waals surface area contributed by atoms with Gasteiger partial charge >= 0.3 is 0 Å². The van der Waals surface area contributed by atoms with Crippen LogP contribution in [0.5, 0.6) is 5.75 Å². The fourth-order valence-electron chi connectivity index (χ4n) is 2.61. The Morgan fingerprint density at radius 1 is 1.03 bits per heavy atom. The van der Waals surface area contributed by atoms with E-state index in [2.05, 4.69) is 25.8 Å². The number of thioether (sulfide) groups is 1. The molecule has 0 radical (unpaired) electrons. The summed E-state index contributed by atoms with van der Waals surface area (Å²) in [5.41, 5.74) is 1.19. The van der Waals surface area contributed by atoms with Crippen LogP contribution in [0.3, 0.4) is 0 Å². The average Bonchev–Trinajstić information content (AvgIpc) is 2.79. The number of hydrogen-bond donors (Lipinski definition) is 3. The smallest absolute Gasteiger partial charge is 0.278 e. The maximum atomic E-state index is 12.5. The van der Waals surface area contributed by atoms with Crippen LogP contribution >= 0.6 is 11.8 Å². The summed E-state index contributed by atoms with van der Waals surface area (Å²) in [4.78, 5) is 39.1. The van der Waals surface area contributed by atoms with Gasteiger partial charge in [0.2, 0.25) is 11.8 Å². The molecular weight excluding hydrogens is 418 g/mol. The van der Waals surface area contributed by atoms with Gasteiger partial charge in [-0.3, -0.25) is 19.4 Å². The molecule has 9 nitrogen and oxygen atoms in total. The van der Waals surface area contributed by atoms with Crippen molar-refractivity contribution in [2.75, 3.05) is 23.5 Å². The number of nitrogens with one attached hydrogen (secondary N) is 3. The summed E-state index contributed by atoms with van der Waals surface area (Å²) < 4.78 is 5.08. The molecule has 0 unspecified atom stereocenters. The zero-order valence-corrected chi connectivity index (χ0v) is 17.8. The molecule has 0 atom stereocenters. The highest BCUT2D eigenvalue weighted by atomic mass is 32.2. The number of ether oxygens (including phenoxy) is 1. The molecule has 0 spiro atoms. The van der Waals surface area contributed by atoms with E-state index in [-0.39, 0.29) is 28.4 Å². The minimum atomic E-state index is -0.466.